The predicted octanol–water partition coefficient (Wildman–Crippen LogP) is 2.00. The predicted molar refractivity (Wildman–Crippen MR) is 84.8 cm³/mol. The summed E-state index contributed by atoms with van der Waals surface area (Å²) in [6.45, 7) is 4.28. The summed E-state index contributed by atoms with van der Waals surface area (Å²) in [4.78, 5) is 16.7. The summed E-state index contributed by atoms with van der Waals surface area (Å²) in [7, 11) is -1.84. The number of likely N-dealkylation sites (tertiary alicyclic amines) is 1. The number of hydrogen-bond acceptors (Lipinski definition) is 4. The van der Waals surface area contributed by atoms with E-state index in [1.54, 1.807) is 18.3 Å². The van der Waals surface area contributed by atoms with Gasteiger partial charge in [-0.25, -0.2) is 8.42 Å². The second-order valence-corrected chi connectivity index (χ2v) is 9.03. The molecular formula is C14H22N2O3S2. The second kappa shape index (κ2) is 6.46. The highest BCUT2D eigenvalue weighted by Gasteiger charge is 2.32. The molecule has 1 atom stereocenters. The molecule has 1 aliphatic rings. The number of carbonyl (C=O) groups excluding carboxylic acids is 1. The number of likely N-dealkylation sites (N-methyl/N-ethyl adjacent to an activating group) is 1. The van der Waals surface area contributed by atoms with E-state index in [4.69, 9.17) is 0 Å². The van der Waals surface area contributed by atoms with Gasteiger partial charge in [0.05, 0.1) is 18.3 Å². The van der Waals surface area contributed by atoms with E-state index in [-0.39, 0.29) is 24.2 Å². The maximum atomic E-state index is 12.4. The number of sulfonamides is 1. The van der Waals surface area contributed by atoms with E-state index in [2.05, 4.69) is 19.1 Å². The maximum Gasteiger partial charge on any atom is 0.238 e. The minimum absolute atomic E-state index is 0.0182. The number of aryl methyl sites for hydroxylation is 1. The molecule has 1 aromatic heterocycles. The smallest absolute Gasteiger partial charge is 0.238 e. The Morgan fingerprint density at radius 3 is 2.76 bits per heavy atom. The number of nitrogens with zero attached hydrogens (tertiary/aromatic N) is 2. The third-order valence-corrected chi connectivity index (χ3v) is 6.77. The van der Waals surface area contributed by atoms with Crippen LogP contribution in [0.3, 0.4) is 0 Å². The first kappa shape index (κ1) is 16.5. The van der Waals surface area contributed by atoms with E-state index in [0.717, 1.165) is 17.1 Å². The quantitative estimate of drug-likeness (QED) is 0.830. The average Bonchev–Trinajstić information content (AvgIpc) is 3.06. The molecule has 0 bridgehead atoms. The molecule has 0 saturated carbocycles. The van der Waals surface area contributed by atoms with E-state index in [9.17, 15) is 13.2 Å². The summed E-state index contributed by atoms with van der Waals surface area (Å²) in [6, 6.07) is 4.24. The van der Waals surface area contributed by atoms with Crippen molar-refractivity contribution in [3.8, 4) is 0 Å². The van der Waals surface area contributed by atoms with Crippen LogP contribution >= 0.6 is 11.3 Å². The molecule has 1 saturated heterocycles. The number of thiophene rings is 1. The highest BCUT2D eigenvalue weighted by molar-refractivity contribution is 7.89. The molecular weight excluding hydrogens is 308 g/mol. The Balaban J connectivity index is 2.08. The van der Waals surface area contributed by atoms with Crippen LogP contribution < -0.4 is 0 Å². The van der Waals surface area contributed by atoms with Gasteiger partial charge in [0.2, 0.25) is 15.9 Å². The summed E-state index contributed by atoms with van der Waals surface area (Å²) >= 11 is 1.71. The summed E-state index contributed by atoms with van der Waals surface area (Å²) in [6.07, 6.45) is 1.92. The first-order valence-electron chi connectivity index (χ1n) is 7.15. The lowest BCUT2D eigenvalue weighted by Crippen LogP contribution is -2.41. The average molecular weight is 330 g/mol. The Bertz CT molecular complexity index is 609. The van der Waals surface area contributed by atoms with Crippen molar-refractivity contribution in [1.29, 1.82) is 0 Å². The number of rotatable bonds is 5. The van der Waals surface area contributed by atoms with Gasteiger partial charge in [0, 0.05) is 23.3 Å². The molecule has 118 valence electrons. The zero-order valence-electron chi connectivity index (χ0n) is 12.7. The fourth-order valence-electron chi connectivity index (χ4n) is 2.59. The molecule has 1 fully saturated rings. The van der Waals surface area contributed by atoms with E-state index in [1.807, 2.05) is 4.90 Å². The minimum atomic E-state index is -3.31. The van der Waals surface area contributed by atoms with Gasteiger partial charge in [-0.3, -0.25) is 4.79 Å². The highest BCUT2D eigenvalue weighted by Crippen LogP contribution is 2.35. The van der Waals surface area contributed by atoms with Crippen LogP contribution in [0.2, 0.25) is 0 Å². The van der Waals surface area contributed by atoms with Gasteiger partial charge >= 0.3 is 0 Å². The molecule has 0 radical (unpaired) electrons. The SMILES string of the molecule is CCS(=O)(=O)N(C)CC(=O)N1CCCC1c1ccc(C)s1. The van der Waals surface area contributed by atoms with Crippen LogP contribution in [0, 0.1) is 6.92 Å². The molecule has 0 aromatic carbocycles. The van der Waals surface area contributed by atoms with Crippen LogP contribution in [0.4, 0.5) is 0 Å². The zero-order chi connectivity index (χ0) is 15.6. The van der Waals surface area contributed by atoms with Gasteiger partial charge < -0.3 is 4.90 Å². The molecule has 0 N–H and O–H groups in total. The third-order valence-electron chi connectivity index (χ3n) is 3.86. The van der Waals surface area contributed by atoms with Gasteiger partial charge in [-0.05, 0) is 38.8 Å². The first-order chi connectivity index (χ1) is 9.85. The molecule has 1 aromatic rings. The van der Waals surface area contributed by atoms with Crippen molar-refractivity contribution in [3.05, 3.63) is 21.9 Å². The van der Waals surface area contributed by atoms with E-state index >= 15 is 0 Å². The topological polar surface area (TPSA) is 57.7 Å². The minimum Gasteiger partial charge on any atom is -0.334 e. The largest absolute Gasteiger partial charge is 0.334 e. The van der Waals surface area contributed by atoms with Crippen molar-refractivity contribution in [2.45, 2.75) is 32.7 Å². The summed E-state index contributed by atoms with van der Waals surface area (Å²) in [5, 5.41) is 0. The van der Waals surface area contributed by atoms with E-state index in [1.165, 1.54) is 16.8 Å². The molecule has 0 aliphatic carbocycles. The molecule has 2 rings (SSSR count). The van der Waals surface area contributed by atoms with Gasteiger partial charge in [-0.15, -0.1) is 11.3 Å². The van der Waals surface area contributed by atoms with E-state index in [0.29, 0.717) is 6.54 Å². The Kier molecular flexibility index (Phi) is 5.06. The van der Waals surface area contributed by atoms with Crippen LogP contribution in [-0.2, 0) is 14.8 Å². The fraction of sp³-hybridized carbons (Fsp3) is 0.643. The number of amides is 1. The van der Waals surface area contributed by atoms with Crippen molar-refractivity contribution in [2.75, 3.05) is 25.9 Å². The third kappa shape index (κ3) is 3.64. The Hall–Kier alpha value is -0.920. The molecule has 7 heteroatoms. The van der Waals surface area contributed by atoms with Crippen LogP contribution in [0.25, 0.3) is 0 Å². The van der Waals surface area contributed by atoms with Crippen LogP contribution in [-0.4, -0.2) is 49.4 Å². The van der Waals surface area contributed by atoms with Gasteiger partial charge in [-0.2, -0.15) is 4.31 Å². The van der Waals surface area contributed by atoms with Gasteiger partial charge in [0.15, 0.2) is 0 Å². The second-order valence-electron chi connectivity index (χ2n) is 5.35. The lowest BCUT2D eigenvalue weighted by atomic mass is 10.2. The molecule has 1 aliphatic heterocycles. The zero-order valence-corrected chi connectivity index (χ0v) is 14.3. The molecule has 1 unspecified atom stereocenters. The van der Waals surface area contributed by atoms with Crippen LogP contribution in [0.15, 0.2) is 12.1 Å². The Morgan fingerprint density at radius 1 is 1.48 bits per heavy atom. The van der Waals surface area contributed by atoms with Crippen molar-refractivity contribution >= 4 is 27.3 Å². The fourth-order valence-corrected chi connectivity index (χ4v) is 4.37. The normalized spacial score (nSPS) is 19.4. The Labute approximate surface area is 130 Å². The van der Waals surface area contributed by atoms with Gasteiger partial charge in [0.25, 0.3) is 0 Å². The van der Waals surface area contributed by atoms with Crippen molar-refractivity contribution in [2.24, 2.45) is 0 Å². The molecule has 1 amide bonds. The molecule has 0 spiro atoms. The van der Waals surface area contributed by atoms with Crippen molar-refractivity contribution in [3.63, 3.8) is 0 Å². The van der Waals surface area contributed by atoms with Gasteiger partial charge in [-0.1, -0.05) is 0 Å². The van der Waals surface area contributed by atoms with Crippen LogP contribution in [0.5, 0.6) is 0 Å². The summed E-state index contributed by atoms with van der Waals surface area (Å²) in [5.41, 5.74) is 0. The standard InChI is InChI=1S/C14H22N2O3S2/c1-4-21(18,19)15(3)10-14(17)16-9-5-6-12(16)13-8-7-11(2)20-13/h7-8,12H,4-6,9-10H2,1-3H3. The highest BCUT2D eigenvalue weighted by atomic mass is 32.2. The molecule has 2 heterocycles. The van der Waals surface area contributed by atoms with E-state index < -0.39 is 10.0 Å². The first-order valence-corrected chi connectivity index (χ1v) is 9.57. The molecule has 5 nitrogen and oxygen atoms in total. The molecule has 21 heavy (non-hydrogen) atoms. The lowest BCUT2D eigenvalue weighted by molar-refractivity contribution is -0.132. The monoisotopic (exact) mass is 330 g/mol. The van der Waals surface area contributed by atoms with Crippen molar-refractivity contribution in [1.82, 2.24) is 9.21 Å². The lowest BCUT2D eigenvalue weighted by Gasteiger charge is -2.26. The van der Waals surface area contributed by atoms with Gasteiger partial charge in [0.1, 0.15) is 0 Å². The van der Waals surface area contributed by atoms with Crippen LogP contribution in [0.1, 0.15) is 35.6 Å². The summed E-state index contributed by atoms with van der Waals surface area (Å²) < 4.78 is 24.7. The number of hydrogen-bond donors (Lipinski definition) is 0. The summed E-state index contributed by atoms with van der Waals surface area (Å²) in [5.74, 6) is -0.0901. The number of carbonyl (C=O) groups is 1. The Morgan fingerprint density at radius 2 is 2.19 bits per heavy atom. The van der Waals surface area contributed by atoms with Crippen molar-refractivity contribution < 1.29 is 13.2 Å². The maximum absolute atomic E-state index is 12.4.